The van der Waals surface area contributed by atoms with Crippen molar-refractivity contribution < 1.29 is 8.42 Å². The molecule has 2 aromatic heterocycles. The SMILES string of the molecule is NS(=O)(=O)N1CCC(c2nc(NCc3ccccn3)c3c(-c4ccccc4)cccc3n2)CC1. The number of aromatic nitrogens is 3. The molecule has 0 radical (unpaired) electrons. The summed E-state index contributed by atoms with van der Waals surface area (Å²) in [5.74, 6) is 1.52. The Morgan fingerprint density at radius 1 is 0.941 bits per heavy atom. The lowest BCUT2D eigenvalue weighted by atomic mass is 9.96. The number of pyridine rings is 1. The van der Waals surface area contributed by atoms with Crippen LogP contribution in [0, 0.1) is 0 Å². The Morgan fingerprint density at radius 3 is 2.41 bits per heavy atom. The zero-order valence-corrected chi connectivity index (χ0v) is 19.4. The maximum absolute atomic E-state index is 11.7. The molecule has 3 heterocycles. The predicted octanol–water partition coefficient (Wildman–Crippen LogP) is 3.69. The van der Waals surface area contributed by atoms with Crippen molar-refractivity contribution >= 4 is 26.9 Å². The van der Waals surface area contributed by atoms with E-state index in [1.807, 2.05) is 48.5 Å². The Morgan fingerprint density at radius 2 is 1.71 bits per heavy atom. The summed E-state index contributed by atoms with van der Waals surface area (Å²) in [5, 5.41) is 9.75. The minimum atomic E-state index is -3.68. The Kier molecular flexibility index (Phi) is 6.23. The summed E-state index contributed by atoms with van der Waals surface area (Å²) in [6.45, 7) is 1.26. The molecule has 2 aromatic carbocycles. The van der Waals surface area contributed by atoms with Crippen molar-refractivity contribution in [2.45, 2.75) is 25.3 Å². The summed E-state index contributed by atoms with van der Waals surface area (Å²) in [6, 6.07) is 22.1. The molecule has 0 spiro atoms. The van der Waals surface area contributed by atoms with Crippen LogP contribution in [0.2, 0.25) is 0 Å². The maximum atomic E-state index is 11.7. The van der Waals surface area contributed by atoms with Gasteiger partial charge in [0.05, 0.1) is 23.1 Å². The van der Waals surface area contributed by atoms with Gasteiger partial charge in [-0.05, 0) is 42.2 Å². The van der Waals surface area contributed by atoms with E-state index in [9.17, 15) is 8.42 Å². The molecule has 0 atom stereocenters. The molecule has 174 valence electrons. The highest BCUT2D eigenvalue weighted by Gasteiger charge is 2.28. The van der Waals surface area contributed by atoms with E-state index in [1.54, 1.807) is 6.20 Å². The van der Waals surface area contributed by atoms with Gasteiger partial charge < -0.3 is 5.32 Å². The van der Waals surface area contributed by atoms with Crippen molar-refractivity contribution in [1.29, 1.82) is 0 Å². The number of nitrogens with two attached hydrogens (primary N) is 1. The third-order valence-corrected chi connectivity index (χ3v) is 7.25. The zero-order valence-electron chi connectivity index (χ0n) is 18.6. The largest absolute Gasteiger partial charge is 0.364 e. The van der Waals surface area contributed by atoms with Gasteiger partial charge in [-0.1, -0.05) is 48.5 Å². The standard InChI is InChI=1S/C25H26N6O2S/c26-34(32,33)31-15-12-19(13-16-31)24-29-22-11-6-10-21(18-7-2-1-3-8-18)23(22)25(30-24)28-17-20-9-4-5-14-27-20/h1-11,14,19H,12-13,15-17H2,(H2,26,32,33)(H,28,29,30). The van der Waals surface area contributed by atoms with Crippen molar-refractivity contribution in [3.63, 3.8) is 0 Å². The van der Waals surface area contributed by atoms with Gasteiger partial charge in [0, 0.05) is 25.2 Å². The van der Waals surface area contributed by atoms with Crippen molar-refractivity contribution in [2.75, 3.05) is 18.4 Å². The van der Waals surface area contributed by atoms with Crippen molar-refractivity contribution in [3.8, 4) is 11.1 Å². The molecule has 1 aliphatic heterocycles. The van der Waals surface area contributed by atoms with Crippen molar-refractivity contribution in [1.82, 2.24) is 19.3 Å². The first kappa shape index (κ1) is 22.4. The van der Waals surface area contributed by atoms with Gasteiger partial charge in [-0.3, -0.25) is 4.98 Å². The number of hydrogen-bond donors (Lipinski definition) is 2. The fourth-order valence-electron chi connectivity index (χ4n) is 4.42. The number of piperidine rings is 1. The summed E-state index contributed by atoms with van der Waals surface area (Å²) < 4.78 is 24.7. The molecule has 9 heteroatoms. The highest BCUT2D eigenvalue weighted by atomic mass is 32.2. The molecule has 1 saturated heterocycles. The number of benzene rings is 2. The molecular weight excluding hydrogens is 448 g/mol. The minimum absolute atomic E-state index is 0.0539. The van der Waals surface area contributed by atoms with E-state index in [2.05, 4.69) is 28.5 Å². The average molecular weight is 475 g/mol. The summed E-state index contributed by atoms with van der Waals surface area (Å²) in [6.07, 6.45) is 3.02. The number of rotatable bonds is 6. The van der Waals surface area contributed by atoms with Crippen LogP contribution in [0.3, 0.4) is 0 Å². The minimum Gasteiger partial charge on any atom is -0.364 e. The van der Waals surface area contributed by atoms with E-state index in [4.69, 9.17) is 15.1 Å². The van der Waals surface area contributed by atoms with Gasteiger partial charge in [-0.15, -0.1) is 0 Å². The van der Waals surface area contributed by atoms with Crippen LogP contribution in [0.4, 0.5) is 5.82 Å². The smallest absolute Gasteiger partial charge is 0.276 e. The molecule has 1 fully saturated rings. The predicted molar refractivity (Wildman–Crippen MR) is 133 cm³/mol. The molecule has 0 saturated carbocycles. The highest BCUT2D eigenvalue weighted by Crippen LogP contribution is 2.35. The van der Waals surface area contributed by atoms with Gasteiger partial charge >= 0.3 is 0 Å². The quantitative estimate of drug-likeness (QED) is 0.441. The van der Waals surface area contributed by atoms with E-state index in [1.165, 1.54) is 4.31 Å². The van der Waals surface area contributed by atoms with Gasteiger partial charge in [0.15, 0.2) is 0 Å². The second-order valence-electron chi connectivity index (χ2n) is 8.39. The lowest BCUT2D eigenvalue weighted by Gasteiger charge is -2.29. The van der Waals surface area contributed by atoms with Gasteiger partial charge in [0.1, 0.15) is 11.6 Å². The zero-order chi connectivity index (χ0) is 23.5. The molecule has 0 aliphatic carbocycles. The van der Waals surface area contributed by atoms with Crippen LogP contribution >= 0.6 is 0 Å². The van der Waals surface area contributed by atoms with Crippen LogP contribution in [0.5, 0.6) is 0 Å². The fraction of sp³-hybridized carbons (Fsp3) is 0.240. The third-order valence-electron chi connectivity index (χ3n) is 6.17. The average Bonchev–Trinajstić information content (AvgIpc) is 2.87. The second kappa shape index (κ2) is 9.46. The summed E-state index contributed by atoms with van der Waals surface area (Å²) in [4.78, 5) is 14.3. The Labute approximate surface area is 199 Å². The fourth-order valence-corrected chi connectivity index (χ4v) is 5.14. The molecule has 5 rings (SSSR count). The molecular formula is C25H26N6O2S. The summed E-state index contributed by atoms with van der Waals surface area (Å²) in [7, 11) is -3.68. The number of anilines is 1. The topological polar surface area (TPSA) is 114 Å². The molecule has 34 heavy (non-hydrogen) atoms. The van der Waals surface area contributed by atoms with Crippen LogP contribution in [-0.2, 0) is 16.8 Å². The van der Waals surface area contributed by atoms with E-state index < -0.39 is 10.2 Å². The van der Waals surface area contributed by atoms with Gasteiger partial charge in [0.2, 0.25) is 0 Å². The normalized spacial score (nSPS) is 15.4. The number of nitrogens with zero attached hydrogens (tertiary/aromatic N) is 4. The molecule has 0 unspecified atom stereocenters. The first-order chi connectivity index (χ1) is 16.5. The lowest BCUT2D eigenvalue weighted by Crippen LogP contribution is -2.42. The molecule has 3 N–H and O–H groups in total. The van der Waals surface area contributed by atoms with E-state index in [0.717, 1.165) is 39.4 Å². The number of fused-ring (bicyclic) bond motifs is 1. The lowest BCUT2D eigenvalue weighted by molar-refractivity contribution is 0.314. The van der Waals surface area contributed by atoms with Crippen molar-refractivity contribution in [2.24, 2.45) is 5.14 Å². The van der Waals surface area contributed by atoms with E-state index in [0.29, 0.717) is 32.5 Å². The first-order valence-electron chi connectivity index (χ1n) is 11.3. The van der Waals surface area contributed by atoms with Gasteiger partial charge in [-0.2, -0.15) is 12.7 Å². The third kappa shape index (κ3) is 4.77. The van der Waals surface area contributed by atoms with Crippen LogP contribution < -0.4 is 10.5 Å². The number of hydrogen-bond acceptors (Lipinski definition) is 6. The Balaban J connectivity index is 1.55. The van der Waals surface area contributed by atoms with Crippen LogP contribution in [0.1, 0.15) is 30.3 Å². The van der Waals surface area contributed by atoms with Crippen LogP contribution in [-0.4, -0.2) is 40.8 Å². The molecule has 8 nitrogen and oxygen atoms in total. The maximum Gasteiger partial charge on any atom is 0.276 e. The van der Waals surface area contributed by atoms with Gasteiger partial charge in [0.25, 0.3) is 10.2 Å². The Hall–Kier alpha value is -3.40. The van der Waals surface area contributed by atoms with E-state index in [-0.39, 0.29) is 5.92 Å². The molecule has 0 amide bonds. The number of nitrogens with one attached hydrogen (secondary N) is 1. The summed E-state index contributed by atoms with van der Waals surface area (Å²) >= 11 is 0. The molecule has 1 aliphatic rings. The van der Waals surface area contributed by atoms with E-state index >= 15 is 0 Å². The monoisotopic (exact) mass is 474 g/mol. The first-order valence-corrected chi connectivity index (χ1v) is 12.8. The Bertz CT molecular complexity index is 1390. The molecule has 0 bridgehead atoms. The second-order valence-corrected chi connectivity index (χ2v) is 9.94. The molecule has 4 aromatic rings. The van der Waals surface area contributed by atoms with Crippen LogP contribution in [0.15, 0.2) is 72.9 Å². The van der Waals surface area contributed by atoms with Gasteiger partial charge in [-0.25, -0.2) is 15.1 Å². The highest BCUT2D eigenvalue weighted by molar-refractivity contribution is 7.86. The van der Waals surface area contributed by atoms with Crippen molar-refractivity contribution in [3.05, 3.63) is 84.4 Å². The summed E-state index contributed by atoms with van der Waals surface area (Å²) in [5.41, 5.74) is 3.90. The van der Waals surface area contributed by atoms with Crippen LogP contribution in [0.25, 0.3) is 22.0 Å².